The molecule has 0 aromatic carbocycles. The molecule has 1 aromatic rings. The van der Waals surface area contributed by atoms with Crippen LogP contribution in [0.15, 0.2) is 59.9 Å². The molecule has 1 amide bonds. The van der Waals surface area contributed by atoms with Gasteiger partial charge in [-0.05, 0) is 108 Å². The van der Waals surface area contributed by atoms with Gasteiger partial charge in [0.1, 0.15) is 48.2 Å². The number of aromatic nitrogens is 1. The van der Waals surface area contributed by atoms with E-state index >= 15 is 0 Å². The lowest BCUT2D eigenvalue weighted by molar-refractivity contribution is -0.264. The second-order valence-corrected chi connectivity index (χ2v) is 22.0. The van der Waals surface area contributed by atoms with Gasteiger partial charge in [0.2, 0.25) is 5.79 Å². The van der Waals surface area contributed by atoms with Crippen LogP contribution in [-0.4, -0.2) is 151 Å². The molecule has 3 aliphatic heterocycles. The number of ketones is 3. The van der Waals surface area contributed by atoms with E-state index in [0.717, 1.165) is 5.57 Å². The van der Waals surface area contributed by atoms with Crippen LogP contribution in [0.1, 0.15) is 137 Å². The maximum Gasteiger partial charge on any atom is 0.329 e. The summed E-state index contributed by atoms with van der Waals surface area (Å²) >= 11 is 0. The highest BCUT2D eigenvalue weighted by molar-refractivity contribution is 6.39. The summed E-state index contributed by atoms with van der Waals surface area (Å²) in [6.07, 6.45) is 12.6. The van der Waals surface area contributed by atoms with Crippen molar-refractivity contribution in [1.29, 1.82) is 0 Å². The van der Waals surface area contributed by atoms with Crippen molar-refractivity contribution in [1.82, 2.24) is 9.88 Å². The van der Waals surface area contributed by atoms with Gasteiger partial charge in [0.15, 0.2) is 5.78 Å². The van der Waals surface area contributed by atoms with Crippen molar-refractivity contribution >= 4 is 29.2 Å². The number of aliphatic hydroxyl groups is 3. The highest BCUT2D eigenvalue weighted by Gasteiger charge is 2.53. The van der Waals surface area contributed by atoms with Crippen molar-refractivity contribution in [3.8, 4) is 11.5 Å². The minimum atomic E-state index is -2.52. The van der Waals surface area contributed by atoms with E-state index in [1.807, 2.05) is 58.1 Å². The zero-order valence-electron chi connectivity index (χ0n) is 46.9. The van der Waals surface area contributed by atoms with Gasteiger partial charge in [-0.25, -0.2) is 4.79 Å². The number of pyridine rings is 1. The molecular formula is C59H88N2O15. The number of methoxy groups -OCH3 is 4. The predicted molar refractivity (Wildman–Crippen MR) is 285 cm³/mol. The number of aliphatic hydroxyl groups excluding tert-OH is 2. The van der Waals surface area contributed by atoms with Gasteiger partial charge in [-0.2, -0.15) is 0 Å². The molecule has 3 N–H and O–H groups in total. The zero-order chi connectivity index (χ0) is 55.9. The van der Waals surface area contributed by atoms with Crippen LogP contribution < -0.4 is 9.47 Å². The monoisotopic (exact) mass is 1060 g/mol. The lowest BCUT2D eigenvalue weighted by Crippen LogP contribution is -2.60. The van der Waals surface area contributed by atoms with Gasteiger partial charge < -0.3 is 53.4 Å². The molecule has 2 saturated heterocycles. The Morgan fingerprint density at radius 3 is 2.32 bits per heavy atom. The molecule has 15 atom stereocenters. The number of allylic oxidation sites excluding steroid dienone is 7. The number of carbonyl (C=O) groups is 5. The normalized spacial score (nSPS) is 35.1. The minimum Gasteiger partial charge on any atom is -0.495 e. The highest BCUT2D eigenvalue weighted by atomic mass is 16.6. The largest absolute Gasteiger partial charge is 0.495 e. The third-order valence-corrected chi connectivity index (χ3v) is 16.2. The lowest BCUT2D eigenvalue weighted by Gasteiger charge is -2.43. The smallest absolute Gasteiger partial charge is 0.329 e. The molecular weight excluding hydrogens is 977 g/mol. The Morgan fingerprint density at radius 1 is 0.868 bits per heavy atom. The summed E-state index contributed by atoms with van der Waals surface area (Å²) in [5, 5.41) is 34.5. The van der Waals surface area contributed by atoms with Crippen molar-refractivity contribution < 1.29 is 72.5 Å². The molecule has 76 heavy (non-hydrogen) atoms. The summed E-state index contributed by atoms with van der Waals surface area (Å²) in [7, 11) is 6.06. The maximum absolute atomic E-state index is 14.6. The van der Waals surface area contributed by atoms with Crippen LogP contribution in [0, 0.1) is 35.5 Å². The Labute approximate surface area is 450 Å². The average molecular weight is 1070 g/mol. The number of carbonyl (C=O) groups excluding carboxylic acids is 5. The standard InChI is InChI=1S/C59H88N2O15/c1-35-17-13-12-14-18-36(2)45(52-51(72-10)32-44(34-60-52)74-26-25-70-8)31-43-22-20-41(7)59(69,76-43)56(66)57(67)61-24-16-15-19-46(61)58(68)75-49(38(4)29-42-21-23-47(62)50(30-42)71-9)33-48(63)37(3)28-40(6)54(65)55(73-11)53(64)39(5)27-35/h12-14,17-18,28,32,34-35,37-39,41-43,45-47,49-50,54-55,62,65,69H,15-16,19-27,29-31,33H2,1-11H3/b14-12?,17-13+,36-18?,40-28+/t35-,37-,38-,39-,41-,42+,43+,45+,46+,47-,49+,50-,54-,55+,59-/m1/s1. The number of piperidine rings is 1. The molecule has 3 fully saturated rings. The van der Waals surface area contributed by atoms with Gasteiger partial charge in [0.05, 0.1) is 43.9 Å². The Hall–Kier alpha value is -4.62. The average Bonchev–Trinajstić information content (AvgIpc) is 3.40. The summed E-state index contributed by atoms with van der Waals surface area (Å²) in [5.74, 6) is -7.95. The quantitative estimate of drug-likeness (QED) is 0.0850. The van der Waals surface area contributed by atoms with E-state index in [2.05, 4.69) is 0 Å². The van der Waals surface area contributed by atoms with Gasteiger partial charge in [-0.3, -0.25) is 24.2 Å². The van der Waals surface area contributed by atoms with Crippen LogP contribution in [0.5, 0.6) is 11.5 Å². The number of esters is 1. The molecule has 0 unspecified atom stereocenters. The zero-order valence-corrected chi connectivity index (χ0v) is 46.9. The highest BCUT2D eigenvalue weighted by Crippen LogP contribution is 2.42. The topological polar surface area (TPSA) is 227 Å². The number of nitrogens with zero attached hydrogens (tertiary/aromatic N) is 2. The molecule has 5 rings (SSSR count). The summed E-state index contributed by atoms with van der Waals surface area (Å²) in [6, 6.07) is 0.560. The van der Waals surface area contributed by atoms with Gasteiger partial charge >= 0.3 is 5.97 Å². The second kappa shape index (κ2) is 29.4. The number of hydrogen-bond acceptors (Lipinski definition) is 16. The molecule has 0 spiro atoms. The van der Waals surface area contributed by atoms with Crippen molar-refractivity contribution in [3.63, 3.8) is 0 Å². The minimum absolute atomic E-state index is 0.0324. The number of amides is 1. The first-order chi connectivity index (χ1) is 36.2. The van der Waals surface area contributed by atoms with Crippen LogP contribution in [0.4, 0.5) is 0 Å². The van der Waals surface area contributed by atoms with Gasteiger partial charge in [0.25, 0.3) is 11.7 Å². The van der Waals surface area contributed by atoms with Gasteiger partial charge in [-0.1, -0.05) is 76.6 Å². The van der Waals surface area contributed by atoms with Crippen molar-refractivity contribution in [2.24, 2.45) is 35.5 Å². The van der Waals surface area contributed by atoms with Crippen LogP contribution in [0.2, 0.25) is 0 Å². The summed E-state index contributed by atoms with van der Waals surface area (Å²) in [6.45, 7) is 13.4. The number of hydrogen-bond donors (Lipinski definition) is 3. The fourth-order valence-corrected chi connectivity index (χ4v) is 11.4. The first kappa shape index (κ1) is 62.2. The Morgan fingerprint density at radius 2 is 1.62 bits per heavy atom. The van der Waals surface area contributed by atoms with Crippen LogP contribution in [0.25, 0.3) is 0 Å². The van der Waals surface area contributed by atoms with Crippen molar-refractivity contribution in [3.05, 3.63) is 65.6 Å². The van der Waals surface area contributed by atoms with E-state index in [9.17, 15) is 39.3 Å². The van der Waals surface area contributed by atoms with E-state index in [4.69, 9.17) is 38.1 Å². The van der Waals surface area contributed by atoms with Crippen molar-refractivity contribution in [2.45, 2.75) is 180 Å². The molecule has 17 heteroatoms. The molecule has 4 heterocycles. The van der Waals surface area contributed by atoms with E-state index in [0.29, 0.717) is 93.8 Å². The third kappa shape index (κ3) is 16.2. The van der Waals surface area contributed by atoms with Crippen LogP contribution >= 0.6 is 0 Å². The molecule has 1 aliphatic carbocycles. The first-order valence-corrected chi connectivity index (χ1v) is 27.5. The van der Waals surface area contributed by atoms with E-state index < -0.39 is 83.7 Å². The maximum atomic E-state index is 14.6. The predicted octanol–water partition coefficient (Wildman–Crippen LogP) is 7.38. The fourth-order valence-electron chi connectivity index (χ4n) is 11.4. The SMILES string of the molecule is COCCOc1cnc([C@H]2C[C@@H]3CC[C@@H](C)[C@@](O)(O3)C(=O)C(=O)N3CCCC[C@H]3C(=O)O[C@H]([C@H](C)C[C@@H]3CC[C@@H](O)[C@H](OC)C3)CC(=O)[C@H](C)/C=C(\C)[C@@H](O)[C@@H](OC)C(=O)[C@H](C)C[C@H](C)/C=C/C=CC=C2C)c(OC)c1. The Balaban J connectivity index is 1.54. The lowest BCUT2D eigenvalue weighted by atomic mass is 9.78. The van der Waals surface area contributed by atoms with Gasteiger partial charge in [0, 0.05) is 64.0 Å². The molecule has 4 aliphatic rings. The second-order valence-electron chi connectivity index (χ2n) is 22.0. The summed E-state index contributed by atoms with van der Waals surface area (Å²) in [5.41, 5.74) is 1.80. The first-order valence-electron chi connectivity index (χ1n) is 27.5. The molecule has 0 radical (unpaired) electrons. The van der Waals surface area contributed by atoms with E-state index in [1.54, 1.807) is 53.3 Å². The fraction of sp³-hybridized carbons (Fsp3) is 0.695. The van der Waals surface area contributed by atoms with Crippen LogP contribution in [0.3, 0.4) is 0 Å². The Bertz CT molecular complexity index is 2240. The molecule has 2 bridgehead atoms. The molecule has 424 valence electrons. The number of fused-ring (bicyclic) bond motifs is 3. The van der Waals surface area contributed by atoms with E-state index in [-0.39, 0.29) is 61.2 Å². The number of rotatable bonds is 11. The summed E-state index contributed by atoms with van der Waals surface area (Å²) in [4.78, 5) is 77.9. The number of Topliss-reactive ketones (excluding diaryl/α,β-unsaturated/α-hetero) is 3. The molecule has 1 saturated carbocycles. The summed E-state index contributed by atoms with van der Waals surface area (Å²) < 4.78 is 40.8. The molecule has 1 aromatic heterocycles. The van der Waals surface area contributed by atoms with Crippen LogP contribution in [-0.2, 0) is 47.7 Å². The van der Waals surface area contributed by atoms with E-state index in [1.165, 1.54) is 19.1 Å². The number of cyclic esters (lactones) is 1. The van der Waals surface area contributed by atoms with Gasteiger partial charge in [-0.15, -0.1) is 0 Å². The third-order valence-electron chi connectivity index (χ3n) is 16.2. The number of ether oxygens (including phenoxy) is 7. The van der Waals surface area contributed by atoms with Crippen molar-refractivity contribution in [2.75, 3.05) is 48.2 Å². The molecule has 17 nitrogen and oxygen atoms in total. The Kier molecular flexibility index (Phi) is 24.1.